The molecule has 0 atom stereocenters. The number of carbonyl (C=O) groups excluding carboxylic acids is 1. The number of benzene rings is 2. The van der Waals surface area contributed by atoms with Crippen LogP contribution in [0.4, 0.5) is 10.1 Å². The van der Waals surface area contributed by atoms with Gasteiger partial charge in [0.15, 0.2) is 9.84 Å². The molecule has 0 radical (unpaired) electrons. The van der Waals surface area contributed by atoms with Crippen LogP contribution in [0.1, 0.15) is 45.9 Å². The lowest BCUT2D eigenvalue weighted by atomic mass is 10.1. The van der Waals surface area contributed by atoms with Gasteiger partial charge in [0.25, 0.3) is 11.8 Å². The van der Waals surface area contributed by atoms with E-state index in [0.29, 0.717) is 22.6 Å². The Hall–Kier alpha value is -3.33. The van der Waals surface area contributed by atoms with E-state index in [9.17, 15) is 17.6 Å². The Morgan fingerprint density at radius 1 is 1.12 bits per heavy atom. The van der Waals surface area contributed by atoms with Crippen molar-refractivity contribution in [3.63, 3.8) is 0 Å². The van der Waals surface area contributed by atoms with Crippen LogP contribution in [0, 0.1) is 19.7 Å². The van der Waals surface area contributed by atoms with Crippen molar-refractivity contribution < 1.29 is 22.3 Å². The van der Waals surface area contributed by atoms with Gasteiger partial charge in [-0.2, -0.15) is 5.10 Å². The third-order valence-electron chi connectivity index (χ3n) is 5.28. The minimum absolute atomic E-state index is 0.00150. The summed E-state index contributed by atoms with van der Waals surface area (Å²) in [4.78, 5) is 13.4. The smallest absolute Gasteiger partial charge is 0.261 e. The molecule has 166 valence electrons. The lowest BCUT2D eigenvalue weighted by Crippen LogP contribution is -2.18. The average Bonchev–Trinajstić information content (AvgIpc) is 3.55. The van der Waals surface area contributed by atoms with Gasteiger partial charge in [-0.3, -0.25) is 4.79 Å². The third kappa shape index (κ3) is 4.62. The van der Waals surface area contributed by atoms with Crippen LogP contribution in [-0.4, -0.2) is 30.8 Å². The number of aromatic nitrogens is 2. The second-order valence-corrected chi connectivity index (χ2v) is 9.95. The number of nitrogens with one attached hydrogen (secondary N) is 1. The Balaban J connectivity index is 1.72. The molecule has 0 aliphatic heterocycles. The number of nitrogens with zero attached hydrogens (tertiary/aromatic N) is 2. The SMILES string of the molecule is Cc1cc(F)ccc1Oc1nnc(C2CC2)c(C)c1C(=O)Nc1cccc(S(C)(=O)=O)c1. The molecule has 4 rings (SSSR count). The highest BCUT2D eigenvalue weighted by Gasteiger charge is 2.31. The Morgan fingerprint density at radius 2 is 1.88 bits per heavy atom. The maximum Gasteiger partial charge on any atom is 0.261 e. The number of carbonyl (C=O) groups is 1. The van der Waals surface area contributed by atoms with Gasteiger partial charge in [-0.15, -0.1) is 5.10 Å². The van der Waals surface area contributed by atoms with Gasteiger partial charge in [0.05, 0.1) is 10.6 Å². The number of halogens is 1. The van der Waals surface area contributed by atoms with Gasteiger partial charge in [-0.25, -0.2) is 12.8 Å². The van der Waals surface area contributed by atoms with Crippen LogP contribution in [0.2, 0.25) is 0 Å². The van der Waals surface area contributed by atoms with Crippen LogP contribution in [0.25, 0.3) is 0 Å². The first-order chi connectivity index (χ1) is 15.1. The van der Waals surface area contributed by atoms with E-state index in [-0.39, 0.29) is 22.3 Å². The number of rotatable bonds is 6. The first-order valence-electron chi connectivity index (χ1n) is 10.1. The summed E-state index contributed by atoms with van der Waals surface area (Å²) >= 11 is 0. The summed E-state index contributed by atoms with van der Waals surface area (Å²) in [5.41, 5.74) is 2.46. The standard InChI is InChI=1S/C23H22FN3O4S/c1-13-11-16(24)9-10-19(13)31-23-20(14(2)21(26-27-23)15-7-8-15)22(28)25-17-5-4-6-18(12-17)32(3,29)30/h4-6,9-12,15H,7-8H2,1-3H3,(H,25,28). The summed E-state index contributed by atoms with van der Waals surface area (Å²) in [6, 6.07) is 10.1. The summed E-state index contributed by atoms with van der Waals surface area (Å²) < 4.78 is 43.1. The zero-order chi connectivity index (χ0) is 23.0. The molecule has 1 aliphatic rings. The van der Waals surface area contributed by atoms with Gasteiger partial charge in [0, 0.05) is 17.9 Å². The fourth-order valence-electron chi connectivity index (χ4n) is 3.43. The molecule has 0 unspecified atom stereocenters. The van der Waals surface area contributed by atoms with Crippen LogP contribution in [0.3, 0.4) is 0 Å². The summed E-state index contributed by atoms with van der Waals surface area (Å²) in [5.74, 6) is -0.292. The molecular weight excluding hydrogens is 433 g/mol. The molecule has 32 heavy (non-hydrogen) atoms. The molecule has 0 spiro atoms. The number of hydrogen-bond donors (Lipinski definition) is 1. The molecule has 1 aromatic heterocycles. The summed E-state index contributed by atoms with van der Waals surface area (Å²) in [7, 11) is -3.43. The van der Waals surface area contributed by atoms with Crippen LogP contribution in [-0.2, 0) is 9.84 Å². The first-order valence-corrected chi connectivity index (χ1v) is 12.0. The van der Waals surface area contributed by atoms with E-state index in [0.717, 1.165) is 24.8 Å². The molecule has 0 bridgehead atoms. The Bertz CT molecular complexity index is 1320. The van der Waals surface area contributed by atoms with Gasteiger partial charge in [-0.1, -0.05) is 6.07 Å². The number of sulfone groups is 1. The van der Waals surface area contributed by atoms with Crippen molar-refractivity contribution >= 4 is 21.4 Å². The van der Waals surface area contributed by atoms with Crippen molar-refractivity contribution in [2.45, 2.75) is 37.5 Å². The topological polar surface area (TPSA) is 98.2 Å². The maximum atomic E-state index is 13.5. The molecule has 0 saturated heterocycles. The minimum Gasteiger partial charge on any atom is -0.437 e. The summed E-state index contributed by atoms with van der Waals surface area (Å²) in [6.07, 6.45) is 3.05. The lowest BCUT2D eigenvalue weighted by Gasteiger charge is -2.15. The van der Waals surface area contributed by atoms with Crippen molar-refractivity contribution in [1.82, 2.24) is 10.2 Å². The van der Waals surface area contributed by atoms with E-state index in [1.165, 1.54) is 30.3 Å². The molecule has 1 heterocycles. The van der Waals surface area contributed by atoms with Crippen LogP contribution in [0.5, 0.6) is 11.6 Å². The zero-order valence-corrected chi connectivity index (χ0v) is 18.7. The van der Waals surface area contributed by atoms with Gasteiger partial charge in [-0.05, 0) is 74.2 Å². The van der Waals surface area contributed by atoms with Crippen molar-refractivity contribution in [3.8, 4) is 11.6 Å². The summed E-state index contributed by atoms with van der Waals surface area (Å²) in [6.45, 7) is 3.47. The Kier molecular flexibility index (Phi) is 5.68. The number of ether oxygens (including phenoxy) is 1. The monoisotopic (exact) mass is 455 g/mol. The van der Waals surface area contributed by atoms with Gasteiger partial charge in [0.1, 0.15) is 17.1 Å². The molecule has 2 aromatic carbocycles. The fraction of sp³-hybridized carbons (Fsp3) is 0.261. The highest BCUT2D eigenvalue weighted by Crippen LogP contribution is 2.42. The molecule has 7 nitrogen and oxygen atoms in total. The van der Waals surface area contributed by atoms with Gasteiger partial charge in [0.2, 0.25) is 0 Å². The predicted molar refractivity (Wildman–Crippen MR) is 117 cm³/mol. The van der Waals surface area contributed by atoms with Crippen molar-refractivity contribution in [3.05, 3.63) is 70.7 Å². The van der Waals surface area contributed by atoms with Crippen LogP contribution < -0.4 is 10.1 Å². The summed E-state index contributed by atoms with van der Waals surface area (Å²) in [5, 5.41) is 11.2. The highest BCUT2D eigenvalue weighted by atomic mass is 32.2. The molecule has 1 amide bonds. The molecule has 1 N–H and O–H groups in total. The Morgan fingerprint density at radius 3 is 2.53 bits per heavy atom. The second kappa shape index (κ2) is 8.31. The highest BCUT2D eigenvalue weighted by molar-refractivity contribution is 7.90. The van der Waals surface area contributed by atoms with Crippen LogP contribution in [0.15, 0.2) is 47.4 Å². The van der Waals surface area contributed by atoms with Gasteiger partial charge < -0.3 is 10.1 Å². The molecule has 1 saturated carbocycles. The van der Waals surface area contributed by atoms with E-state index >= 15 is 0 Å². The quantitative estimate of drug-likeness (QED) is 0.585. The number of anilines is 1. The maximum absolute atomic E-state index is 13.5. The second-order valence-electron chi connectivity index (χ2n) is 7.93. The predicted octanol–water partition coefficient (Wildman–Crippen LogP) is 4.56. The molecule has 1 fully saturated rings. The van der Waals surface area contributed by atoms with E-state index in [4.69, 9.17) is 4.74 Å². The van der Waals surface area contributed by atoms with E-state index in [2.05, 4.69) is 15.5 Å². The third-order valence-corrected chi connectivity index (χ3v) is 6.39. The van der Waals surface area contributed by atoms with Crippen molar-refractivity contribution in [1.29, 1.82) is 0 Å². The largest absolute Gasteiger partial charge is 0.437 e. The van der Waals surface area contributed by atoms with Crippen LogP contribution >= 0.6 is 0 Å². The molecule has 3 aromatic rings. The molecule has 1 aliphatic carbocycles. The zero-order valence-electron chi connectivity index (χ0n) is 17.8. The lowest BCUT2D eigenvalue weighted by molar-refractivity contribution is 0.102. The van der Waals surface area contributed by atoms with Crippen molar-refractivity contribution in [2.75, 3.05) is 11.6 Å². The average molecular weight is 456 g/mol. The number of amides is 1. The minimum atomic E-state index is -3.43. The van der Waals surface area contributed by atoms with E-state index < -0.39 is 21.6 Å². The molecular formula is C23H22FN3O4S. The Labute approximate surface area is 185 Å². The van der Waals surface area contributed by atoms with E-state index in [1.54, 1.807) is 26.0 Å². The first kappa shape index (κ1) is 21.9. The molecule has 9 heteroatoms. The normalized spacial score (nSPS) is 13.6. The van der Waals surface area contributed by atoms with E-state index in [1.807, 2.05) is 0 Å². The van der Waals surface area contributed by atoms with Crippen molar-refractivity contribution in [2.24, 2.45) is 0 Å². The van der Waals surface area contributed by atoms with Gasteiger partial charge >= 0.3 is 0 Å². The number of hydrogen-bond acceptors (Lipinski definition) is 6. The number of aryl methyl sites for hydroxylation is 1. The fourth-order valence-corrected chi connectivity index (χ4v) is 4.09.